The van der Waals surface area contributed by atoms with Crippen molar-refractivity contribution in [2.75, 3.05) is 20.1 Å². The van der Waals surface area contributed by atoms with Crippen molar-refractivity contribution in [3.05, 3.63) is 59.1 Å². The second kappa shape index (κ2) is 7.95. The molecule has 7 nitrogen and oxygen atoms in total. The van der Waals surface area contributed by atoms with E-state index in [9.17, 15) is 20.1 Å². The van der Waals surface area contributed by atoms with Crippen molar-refractivity contribution >= 4 is 12.0 Å². The van der Waals surface area contributed by atoms with Gasteiger partial charge in [-0.05, 0) is 98.7 Å². The van der Waals surface area contributed by atoms with Crippen LogP contribution in [-0.2, 0) is 23.1 Å². The fraction of sp³-hybridized carbons (Fsp3) is 0.567. The summed E-state index contributed by atoms with van der Waals surface area (Å²) in [5, 5.41) is 34.4. The van der Waals surface area contributed by atoms with Gasteiger partial charge in [-0.1, -0.05) is 6.07 Å². The molecular weight excluding hydrogens is 468 g/mol. The molecule has 7 heteroatoms. The molecule has 2 bridgehead atoms. The molecule has 37 heavy (non-hydrogen) atoms. The van der Waals surface area contributed by atoms with Crippen molar-refractivity contribution in [3.63, 3.8) is 0 Å². The molecule has 1 amide bonds. The summed E-state index contributed by atoms with van der Waals surface area (Å²) < 4.78 is 5.12. The van der Waals surface area contributed by atoms with Gasteiger partial charge in [0.25, 0.3) is 0 Å². The van der Waals surface area contributed by atoms with Crippen LogP contribution in [0, 0.1) is 5.92 Å². The molecule has 3 N–H and O–H groups in total. The van der Waals surface area contributed by atoms with E-state index in [1.165, 1.54) is 5.56 Å². The van der Waals surface area contributed by atoms with E-state index in [-0.39, 0.29) is 23.9 Å². The van der Waals surface area contributed by atoms with Crippen LogP contribution in [0.15, 0.2) is 41.2 Å². The van der Waals surface area contributed by atoms with Crippen molar-refractivity contribution in [3.8, 4) is 5.75 Å². The lowest BCUT2D eigenvalue weighted by Gasteiger charge is -2.69. The molecule has 7 rings (SSSR count). The molecule has 2 aromatic rings. The predicted molar refractivity (Wildman–Crippen MR) is 138 cm³/mol. The van der Waals surface area contributed by atoms with Gasteiger partial charge in [-0.15, -0.1) is 0 Å². The number of likely N-dealkylation sites (tertiary alicyclic amines) is 1. The Labute approximate surface area is 217 Å². The number of piperidine rings is 1. The van der Waals surface area contributed by atoms with Gasteiger partial charge in [0.1, 0.15) is 5.75 Å². The molecule has 0 radical (unpaired) electrons. The maximum absolute atomic E-state index is 13.3. The molecule has 5 unspecified atom stereocenters. The normalized spacial score (nSPS) is 35.3. The number of hydrogen-bond donors (Lipinski definition) is 3. The molecule has 196 valence electrons. The van der Waals surface area contributed by atoms with E-state index >= 15 is 0 Å². The fourth-order valence-corrected chi connectivity index (χ4v) is 8.67. The second-order valence-corrected chi connectivity index (χ2v) is 12.2. The summed E-state index contributed by atoms with van der Waals surface area (Å²) in [5.41, 5.74) is 2.15. The lowest BCUT2D eigenvalue weighted by atomic mass is 9.42. The van der Waals surface area contributed by atoms with Crippen LogP contribution in [0.2, 0.25) is 0 Å². The number of carbonyl (C=O) groups is 1. The molecular formula is C30H36N2O5. The first-order chi connectivity index (χ1) is 17.8. The molecule has 2 heterocycles. The zero-order valence-electron chi connectivity index (χ0n) is 21.4. The quantitative estimate of drug-likeness (QED) is 0.542. The topological polar surface area (TPSA) is 97.4 Å². The highest BCUT2D eigenvalue weighted by Crippen LogP contribution is 2.65. The molecule has 2 saturated carbocycles. The van der Waals surface area contributed by atoms with Gasteiger partial charge in [-0.3, -0.25) is 9.69 Å². The van der Waals surface area contributed by atoms with Crippen LogP contribution in [0.3, 0.4) is 0 Å². The molecule has 1 aliphatic heterocycles. The van der Waals surface area contributed by atoms with Gasteiger partial charge in [0.05, 0.1) is 23.7 Å². The second-order valence-electron chi connectivity index (χ2n) is 12.2. The van der Waals surface area contributed by atoms with E-state index in [0.29, 0.717) is 18.7 Å². The Hall–Kier alpha value is -2.61. The van der Waals surface area contributed by atoms with Crippen LogP contribution in [-0.4, -0.2) is 74.4 Å². The Morgan fingerprint density at radius 3 is 2.78 bits per heavy atom. The third-order valence-electron chi connectivity index (χ3n) is 10.5. The van der Waals surface area contributed by atoms with Gasteiger partial charge in [-0.25, -0.2) is 0 Å². The Bertz CT molecular complexity index is 1270. The SMILES string of the molecule is CN(C(=O)/C=C/c1ccoc1)C1CCC2(O)C3Cc4ccc(O)c5c4C2(CCN3CC2(O)CC2)C1CC5. The highest BCUT2D eigenvalue weighted by molar-refractivity contribution is 5.91. The van der Waals surface area contributed by atoms with E-state index in [1.807, 2.05) is 30.1 Å². The summed E-state index contributed by atoms with van der Waals surface area (Å²) in [4.78, 5) is 17.5. The fourth-order valence-electron chi connectivity index (χ4n) is 8.67. The number of aromatic hydroxyl groups is 1. The lowest BCUT2D eigenvalue weighted by Crippen LogP contribution is -2.78. The molecule has 1 spiro atoms. The first-order valence-corrected chi connectivity index (χ1v) is 13.8. The standard InChI is InChI=1S/C30H36N2O5/c1-31(26(34)7-2-19-9-15-37-17-19)23-8-10-30(36)25-16-20-3-6-24(33)21-4-5-22(23)29(30,27(20)21)13-14-32(25)18-28(35)11-12-28/h2-3,6-7,9,15,17,22-23,25,33,35-36H,4-5,8,10-14,16,18H2,1H3/b7-2+. The van der Waals surface area contributed by atoms with E-state index in [4.69, 9.17) is 4.42 Å². The Morgan fingerprint density at radius 2 is 2.03 bits per heavy atom. The number of hydrogen-bond acceptors (Lipinski definition) is 6. The molecule has 1 aromatic carbocycles. The first kappa shape index (κ1) is 23.5. The Balaban J connectivity index is 1.29. The molecule has 1 saturated heterocycles. The van der Waals surface area contributed by atoms with Crippen molar-refractivity contribution < 1.29 is 24.5 Å². The molecule has 5 atom stereocenters. The number of carbonyl (C=O) groups excluding carboxylic acids is 1. The van der Waals surface area contributed by atoms with Gasteiger partial charge in [-0.2, -0.15) is 0 Å². The van der Waals surface area contributed by atoms with Gasteiger partial charge in [0.15, 0.2) is 0 Å². The number of phenolic OH excluding ortho intramolecular Hbond substituents is 1. The maximum atomic E-state index is 13.3. The first-order valence-electron chi connectivity index (χ1n) is 13.8. The van der Waals surface area contributed by atoms with Gasteiger partial charge in [0, 0.05) is 42.7 Å². The van der Waals surface area contributed by atoms with E-state index < -0.39 is 16.6 Å². The largest absolute Gasteiger partial charge is 0.508 e. The number of nitrogens with zero attached hydrogens (tertiary/aromatic N) is 2. The van der Waals surface area contributed by atoms with Gasteiger partial charge >= 0.3 is 0 Å². The zero-order valence-corrected chi connectivity index (χ0v) is 21.4. The lowest BCUT2D eigenvalue weighted by molar-refractivity contribution is -0.206. The van der Waals surface area contributed by atoms with Crippen molar-refractivity contribution in [1.82, 2.24) is 9.80 Å². The third-order valence-corrected chi connectivity index (χ3v) is 10.5. The zero-order chi connectivity index (χ0) is 25.6. The van der Waals surface area contributed by atoms with Crippen LogP contribution < -0.4 is 0 Å². The third kappa shape index (κ3) is 3.26. The smallest absolute Gasteiger partial charge is 0.246 e. The number of phenols is 1. The van der Waals surface area contributed by atoms with Crippen LogP contribution in [0.5, 0.6) is 5.75 Å². The van der Waals surface area contributed by atoms with Crippen LogP contribution >= 0.6 is 0 Å². The number of benzene rings is 1. The summed E-state index contributed by atoms with van der Waals surface area (Å²) in [6, 6.07) is 5.62. The Morgan fingerprint density at radius 1 is 1.19 bits per heavy atom. The van der Waals surface area contributed by atoms with E-state index in [1.54, 1.807) is 24.7 Å². The summed E-state index contributed by atoms with van der Waals surface area (Å²) in [7, 11) is 1.89. The Kier molecular flexibility index (Phi) is 5.05. The highest BCUT2D eigenvalue weighted by Gasteiger charge is 2.70. The van der Waals surface area contributed by atoms with Crippen LogP contribution in [0.4, 0.5) is 0 Å². The number of likely N-dealkylation sites (N-methyl/N-ethyl adjacent to an activating group) is 1. The summed E-state index contributed by atoms with van der Waals surface area (Å²) in [6.07, 6.45) is 12.7. The minimum absolute atomic E-state index is 0.00281. The average molecular weight is 505 g/mol. The van der Waals surface area contributed by atoms with Crippen molar-refractivity contribution in [2.45, 2.75) is 80.1 Å². The summed E-state index contributed by atoms with van der Waals surface area (Å²) in [6.45, 7) is 1.42. The van der Waals surface area contributed by atoms with E-state index in [0.717, 1.165) is 68.2 Å². The van der Waals surface area contributed by atoms with Crippen molar-refractivity contribution in [2.24, 2.45) is 5.92 Å². The summed E-state index contributed by atoms with van der Waals surface area (Å²) >= 11 is 0. The molecule has 5 aliphatic rings. The minimum Gasteiger partial charge on any atom is -0.508 e. The molecule has 3 fully saturated rings. The number of furan rings is 1. The van der Waals surface area contributed by atoms with Crippen LogP contribution in [0.1, 0.15) is 60.8 Å². The van der Waals surface area contributed by atoms with Crippen molar-refractivity contribution in [1.29, 1.82) is 0 Å². The number of aliphatic hydroxyl groups is 2. The monoisotopic (exact) mass is 504 g/mol. The number of β-amino-alcohol motifs (C(OH)–C–C–N with tert-alkyl or cyclic N) is 1. The number of rotatable bonds is 5. The minimum atomic E-state index is -0.954. The average Bonchev–Trinajstić information content (AvgIpc) is 3.37. The van der Waals surface area contributed by atoms with Gasteiger partial charge in [0.2, 0.25) is 5.91 Å². The number of amides is 1. The van der Waals surface area contributed by atoms with Crippen LogP contribution in [0.25, 0.3) is 6.08 Å². The summed E-state index contributed by atoms with van der Waals surface area (Å²) in [5.74, 6) is 0.386. The maximum Gasteiger partial charge on any atom is 0.246 e. The molecule has 1 aromatic heterocycles. The molecule has 4 aliphatic carbocycles. The van der Waals surface area contributed by atoms with Gasteiger partial charge < -0.3 is 24.6 Å². The highest BCUT2D eigenvalue weighted by atomic mass is 16.3. The van der Waals surface area contributed by atoms with E-state index in [2.05, 4.69) is 4.90 Å². The predicted octanol–water partition coefficient (Wildman–Crippen LogP) is 3.01.